The summed E-state index contributed by atoms with van der Waals surface area (Å²) in [5.74, 6) is 0.141. The van der Waals surface area contributed by atoms with Gasteiger partial charge in [-0.15, -0.1) is 0 Å². The summed E-state index contributed by atoms with van der Waals surface area (Å²) in [6, 6.07) is 14.6. The van der Waals surface area contributed by atoms with Crippen LogP contribution in [0.2, 0.25) is 5.02 Å². The highest BCUT2D eigenvalue weighted by Crippen LogP contribution is 2.25. The van der Waals surface area contributed by atoms with Gasteiger partial charge >= 0.3 is 5.97 Å². The molecule has 2 aromatic rings. The molecule has 0 saturated carbocycles. The smallest absolute Gasteiger partial charge is 0.308 e. The van der Waals surface area contributed by atoms with E-state index in [1.807, 2.05) is 36.4 Å². The molecule has 6 heteroatoms. The van der Waals surface area contributed by atoms with Gasteiger partial charge in [-0.25, -0.2) is 0 Å². The maximum Gasteiger partial charge on any atom is 0.308 e. The predicted molar refractivity (Wildman–Crippen MR) is 103 cm³/mol. The summed E-state index contributed by atoms with van der Waals surface area (Å²) in [5.41, 5.74) is 1.50. The number of hydrogen-bond donors (Lipinski definition) is 0. The van der Waals surface area contributed by atoms with E-state index in [0.29, 0.717) is 48.9 Å². The highest BCUT2D eigenvalue weighted by atomic mass is 35.5. The number of esters is 1. The Morgan fingerprint density at radius 3 is 2.41 bits per heavy atom. The van der Waals surface area contributed by atoms with Crippen molar-refractivity contribution >= 4 is 23.5 Å². The van der Waals surface area contributed by atoms with Gasteiger partial charge in [-0.2, -0.15) is 0 Å². The summed E-state index contributed by atoms with van der Waals surface area (Å²) in [5, 5.41) is 0.671. The van der Waals surface area contributed by atoms with Gasteiger partial charge < -0.3 is 14.4 Å². The summed E-state index contributed by atoms with van der Waals surface area (Å²) in [4.78, 5) is 26.4. The van der Waals surface area contributed by atoms with Gasteiger partial charge in [0.25, 0.3) is 5.91 Å². The van der Waals surface area contributed by atoms with Gasteiger partial charge in [-0.05, 0) is 42.7 Å². The van der Waals surface area contributed by atoms with Crippen LogP contribution in [0.25, 0.3) is 0 Å². The second kappa shape index (κ2) is 8.91. The van der Waals surface area contributed by atoms with Crippen LogP contribution in [0.5, 0.6) is 5.75 Å². The molecule has 3 rings (SSSR count). The molecule has 0 N–H and O–H groups in total. The second-order valence-electron chi connectivity index (χ2n) is 6.50. The zero-order valence-corrected chi connectivity index (χ0v) is 15.9. The summed E-state index contributed by atoms with van der Waals surface area (Å²) in [7, 11) is 1.40. The Kier molecular flexibility index (Phi) is 6.35. The van der Waals surface area contributed by atoms with Crippen LogP contribution in [0.15, 0.2) is 48.5 Å². The molecule has 0 bridgehead atoms. The van der Waals surface area contributed by atoms with E-state index in [9.17, 15) is 9.59 Å². The van der Waals surface area contributed by atoms with Crippen LogP contribution in [0.4, 0.5) is 0 Å². The lowest BCUT2D eigenvalue weighted by Crippen LogP contribution is -2.40. The summed E-state index contributed by atoms with van der Waals surface area (Å²) in [6.45, 7) is 1.42. The molecule has 2 aromatic carbocycles. The van der Waals surface area contributed by atoms with Crippen molar-refractivity contribution in [1.82, 2.24) is 4.90 Å². The Hall–Kier alpha value is -2.53. The van der Waals surface area contributed by atoms with Gasteiger partial charge in [0.15, 0.2) is 0 Å². The van der Waals surface area contributed by atoms with Gasteiger partial charge in [-0.1, -0.05) is 35.9 Å². The fourth-order valence-electron chi connectivity index (χ4n) is 3.17. The van der Waals surface area contributed by atoms with Crippen LogP contribution < -0.4 is 4.74 Å². The lowest BCUT2D eigenvalue weighted by atomic mass is 9.96. The summed E-state index contributed by atoms with van der Waals surface area (Å²) >= 11 is 5.90. The van der Waals surface area contributed by atoms with Crippen molar-refractivity contribution in [3.05, 3.63) is 64.7 Å². The van der Waals surface area contributed by atoms with Crippen LogP contribution in [0.3, 0.4) is 0 Å². The Bertz CT molecular complexity index is 798. The van der Waals surface area contributed by atoms with Crippen LogP contribution in [-0.2, 0) is 16.1 Å². The molecule has 0 atom stereocenters. The number of nitrogens with zero attached hydrogens (tertiary/aromatic N) is 1. The minimum Gasteiger partial charge on any atom is -0.488 e. The van der Waals surface area contributed by atoms with Gasteiger partial charge in [-0.3, -0.25) is 9.59 Å². The molecule has 0 radical (unpaired) electrons. The lowest BCUT2D eigenvalue weighted by Gasteiger charge is -2.31. The average molecular weight is 388 g/mol. The number of hydrogen-bond acceptors (Lipinski definition) is 4. The first-order valence-corrected chi connectivity index (χ1v) is 9.29. The normalized spacial score (nSPS) is 14.7. The fourth-order valence-corrected chi connectivity index (χ4v) is 3.29. The zero-order valence-electron chi connectivity index (χ0n) is 15.2. The van der Waals surface area contributed by atoms with Crippen molar-refractivity contribution < 1.29 is 19.1 Å². The molecule has 1 aliphatic heterocycles. The number of rotatable bonds is 5. The maximum absolute atomic E-state index is 12.9. The zero-order chi connectivity index (χ0) is 19.2. The molecule has 1 heterocycles. The quantitative estimate of drug-likeness (QED) is 0.729. The Balaban J connectivity index is 1.65. The molecule has 1 fully saturated rings. The van der Waals surface area contributed by atoms with Crippen molar-refractivity contribution in [1.29, 1.82) is 0 Å². The molecule has 27 heavy (non-hydrogen) atoms. The highest BCUT2D eigenvalue weighted by molar-refractivity contribution is 6.30. The van der Waals surface area contributed by atoms with Crippen LogP contribution >= 0.6 is 11.6 Å². The molecule has 0 aromatic heterocycles. The van der Waals surface area contributed by atoms with Crippen molar-refractivity contribution in [3.63, 3.8) is 0 Å². The van der Waals surface area contributed by atoms with Crippen molar-refractivity contribution in [3.8, 4) is 5.75 Å². The molecule has 1 amide bonds. The van der Waals surface area contributed by atoms with E-state index in [4.69, 9.17) is 21.1 Å². The average Bonchev–Trinajstić information content (AvgIpc) is 2.72. The number of methoxy groups -OCH3 is 1. The number of benzene rings is 2. The van der Waals surface area contributed by atoms with Crippen molar-refractivity contribution in [2.75, 3.05) is 20.2 Å². The largest absolute Gasteiger partial charge is 0.488 e. The summed E-state index contributed by atoms with van der Waals surface area (Å²) in [6.07, 6.45) is 1.23. The first-order valence-electron chi connectivity index (χ1n) is 8.92. The van der Waals surface area contributed by atoms with E-state index in [1.165, 1.54) is 7.11 Å². The lowest BCUT2D eigenvalue weighted by molar-refractivity contribution is -0.146. The maximum atomic E-state index is 12.9. The van der Waals surface area contributed by atoms with E-state index < -0.39 is 0 Å². The third kappa shape index (κ3) is 4.80. The number of halogens is 1. The number of carbonyl (C=O) groups is 2. The van der Waals surface area contributed by atoms with Crippen molar-refractivity contribution in [2.24, 2.45) is 5.92 Å². The van der Waals surface area contributed by atoms with Gasteiger partial charge in [0.2, 0.25) is 0 Å². The Labute approximate surface area is 163 Å². The van der Waals surface area contributed by atoms with Gasteiger partial charge in [0, 0.05) is 18.1 Å². The number of likely N-dealkylation sites (tertiary alicyclic amines) is 1. The summed E-state index contributed by atoms with van der Waals surface area (Å²) < 4.78 is 10.7. The van der Waals surface area contributed by atoms with Crippen LogP contribution in [0.1, 0.15) is 28.8 Å². The first kappa shape index (κ1) is 19.2. The van der Waals surface area contributed by atoms with E-state index >= 15 is 0 Å². The van der Waals surface area contributed by atoms with E-state index in [1.54, 1.807) is 17.0 Å². The molecule has 0 unspecified atom stereocenters. The second-order valence-corrected chi connectivity index (χ2v) is 6.94. The van der Waals surface area contributed by atoms with Gasteiger partial charge in [0.1, 0.15) is 12.4 Å². The highest BCUT2D eigenvalue weighted by Gasteiger charge is 2.29. The Morgan fingerprint density at radius 1 is 1.07 bits per heavy atom. The first-order chi connectivity index (χ1) is 13.1. The molecular formula is C21H22ClNO4. The molecule has 1 saturated heterocycles. The fraction of sp³-hybridized carbons (Fsp3) is 0.333. The standard InChI is InChI=1S/C21H22ClNO4/c1-26-21(25)16-10-12-23(13-11-16)20(24)18-4-2-3-5-19(18)27-14-15-6-8-17(22)9-7-15/h2-9,16H,10-14H2,1H3. The van der Waals surface area contributed by atoms with E-state index in [0.717, 1.165) is 5.56 Å². The number of ether oxygens (including phenoxy) is 2. The van der Waals surface area contributed by atoms with Crippen LogP contribution in [0, 0.1) is 5.92 Å². The number of amides is 1. The molecule has 0 aliphatic carbocycles. The van der Waals surface area contributed by atoms with Gasteiger partial charge in [0.05, 0.1) is 18.6 Å². The number of piperidine rings is 1. The van der Waals surface area contributed by atoms with Crippen LogP contribution in [-0.4, -0.2) is 37.0 Å². The minimum absolute atomic E-state index is 0.0787. The predicted octanol–water partition coefficient (Wildman–Crippen LogP) is 3.94. The van der Waals surface area contributed by atoms with E-state index in [-0.39, 0.29) is 17.8 Å². The monoisotopic (exact) mass is 387 g/mol. The third-order valence-corrected chi connectivity index (χ3v) is 4.99. The molecule has 142 valence electrons. The molecule has 5 nitrogen and oxygen atoms in total. The SMILES string of the molecule is COC(=O)C1CCN(C(=O)c2ccccc2OCc2ccc(Cl)cc2)CC1. The Morgan fingerprint density at radius 2 is 1.74 bits per heavy atom. The molecular weight excluding hydrogens is 366 g/mol. The topological polar surface area (TPSA) is 55.8 Å². The third-order valence-electron chi connectivity index (χ3n) is 4.74. The molecule has 1 aliphatic rings. The minimum atomic E-state index is -0.200. The molecule has 0 spiro atoms. The van der Waals surface area contributed by atoms with Crippen molar-refractivity contribution in [2.45, 2.75) is 19.4 Å². The number of para-hydroxylation sites is 1. The van der Waals surface area contributed by atoms with E-state index in [2.05, 4.69) is 0 Å². The number of carbonyl (C=O) groups excluding carboxylic acids is 2.